The molecule has 0 radical (unpaired) electrons. The Bertz CT molecular complexity index is 2500. The highest BCUT2D eigenvalue weighted by Crippen LogP contribution is 2.41. The Morgan fingerprint density at radius 3 is 2.38 bits per heavy atom. The number of halogens is 3. The first-order chi connectivity index (χ1) is 20.2. The van der Waals surface area contributed by atoms with Crippen LogP contribution in [0.2, 0.25) is 0 Å². The minimum Gasteiger partial charge on any atom is -0.376 e. The molecule has 0 aliphatic rings. The summed E-state index contributed by atoms with van der Waals surface area (Å²) in [4.78, 5) is 5.04. The van der Waals surface area contributed by atoms with Crippen molar-refractivity contribution in [1.29, 1.82) is 0 Å². The first-order valence-electron chi connectivity index (χ1n) is 12.9. The molecule has 5 nitrogen and oxygen atoms in total. The lowest BCUT2D eigenvalue weighted by molar-refractivity contribution is -0.0500. The number of alkyl halides is 3. The molecule has 0 unspecified atom stereocenters. The van der Waals surface area contributed by atoms with Crippen molar-refractivity contribution < 1.29 is 25.8 Å². The van der Waals surface area contributed by atoms with Gasteiger partial charge in [-0.25, -0.2) is 4.98 Å². The molecule has 0 N–H and O–H groups in total. The molecule has 8 rings (SSSR count). The fraction of sp³-hybridized carbons (Fsp3) is 0.0312. The Labute approximate surface area is 240 Å². The van der Waals surface area contributed by atoms with Crippen LogP contribution in [0.3, 0.4) is 0 Å². The zero-order chi connectivity index (χ0) is 28.8. The summed E-state index contributed by atoms with van der Waals surface area (Å²) in [7, 11) is -5.75. The van der Waals surface area contributed by atoms with Crippen molar-refractivity contribution in [3.63, 3.8) is 0 Å². The molecule has 0 amide bonds. The summed E-state index contributed by atoms with van der Waals surface area (Å²) in [5.74, 6) is -0.416. The van der Waals surface area contributed by atoms with Crippen molar-refractivity contribution in [3.05, 3.63) is 103 Å². The molecule has 42 heavy (non-hydrogen) atoms. The maximum atomic E-state index is 12.7. The van der Waals surface area contributed by atoms with Crippen LogP contribution >= 0.6 is 11.3 Å². The van der Waals surface area contributed by atoms with Crippen LogP contribution in [-0.2, 0) is 10.1 Å². The number of imidazole rings is 1. The second kappa shape index (κ2) is 8.67. The average Bonchev–Trinajstić information content (AvgIpc) is 3.53. The van der Waals surface area contributed by atoms with E-state index in [-0.39, 0.29) is 0 Å². The molecule has 3 aromatic heterocycles. The molecule has 206 valence electrons. The minimum atomic E-state index is -5.75. The van der Waals surface area contributed by atoms with Gasteiger partial charge in [0.05, 0.1) is 15.7 Å². The van der Waals surface area contributed by atoms with Crippen LogP contribution in [0.25, 0.3) is 69.5 Å². The first-order valence-corrected chi connectivity index (χ1v) is 15.1. The van der Waals surface area contributed by atoms with E-state index in [4.69, 9.17) is 4.98 Å². The second-order valence-electron chi connectivity index (χ2n) is 10.0. The summed E-state index contributed by atoms with van der Waals surface area (Å²) in [5.41, 5.74) is -1.33. The highest BCUT2D eigenvalue weighted by atomic mass is 32.2. The molecule has 0 saturated heterocycles. The molecule has 5 aromatic carbocycles. The SMILES string of the molecule is O=S(=O)(Oc1ccc(-c2cccc3cc4nc5c6sc7ccc8ccccc8c7c6ccn5c4cc23)cc1)C(F)(F)F. The minimum absolute atomic E-state index is 0.416. The molecule has 0 fully saturated rings. The monoisotopic (exact) mass is 598 g/mol. The Kier molecular flexibility index (Phi) is 5.17. The van der Waals surface area contributed by atoms with Gasteiger partial charge in [0, 0.05) is 21.7 Å². The maximum Gasteiger partial charge on any atom is 0.534 e. The Balaban J connectivity index is 1.29. The third-order valence-electron chi connectivity index (χ3n) is 7.55. The smallest absolute Gasteiger partial charge is 0.376 e. The number of rotatable bonds is 3. The predicted octanol–water partition coefficient (Wildman–Crippen LogP) is 9.06. The molecular weight excluding hydrogens is 581 g/mol. The molecular formula is C32H17F3N2O3S2. The van der Waals surface area contributed by atoms with Crippen LogP contribution in [-0.4, -0.2) is 23.3 Å². The van der Waals surface area contributed by atoms with Crippen molar-refractivity contribution in [2.45, 2.75) is 5.51 Å². The Hall–Kier alpha value is -4.67. The van der Waals surface area contributed by atoms with Gasteiger partial charge < -0.3 is 4.18 Å². The van der Waals surface area contributed by atoms with E-state index < -0.39 is 21.4 Å². The molecule has 0 bridgehead atoms. The van der Waals surface area contributed by atoms with Gasteiger partial charge in [-0.05, 0) is 69.1 Å². The number of aromatic nitrogens is 2. The van der Waals surface area contributed by atoms with Gasteiger partial charge in [0.25, 0.3) is 0 Å². The fourth-order valence-corrected chi connectivity index (χ4v) is 7.31. The maximum absolute atomic E-state index is 12.7. The molecule has 0 aliphatic heterocycles. The van der Waals surface area contributed by atoms with Crippen molar-refractivity contribution in [2.75, 3.05) is 0 Å². The zero-order valence-electron chi connectivity index (χ0n) is 21.4. The van der Waals surface area contributed by atoms with Gasteiger partial charge in [-0.3, -0.25) is 4.40 Å². The molecule has 10 heteroatoms. The van der Waals surface area contributed by atoms with Gasteiger partial charge in [0.2, 0.25) is 0 Å². The van der Waals surface area contributed by atoms with Crippen LogP contribution < -0.4 is 4.18 Å². The van der Waals surface area contributed by atoms with E-state index in [0.717, 1.165) is 43.1 Å². The quantitative estimate of drug-likeness (QED) is 0.150. The van der Waals surface area contributed by atoms with Crippen LogP contribution in [0, 0.1) is 0 Å². The number of pyridine rings is 1. The van der Waals surface area contributed by atoms with Crippen molar-refractivity contribution in [2.24, 2.45) is 0 Å². The van der Waals surface area contributed by atoms with Gasteiger partial charge >= 0.3 is 15.6 Å². The lowest BCUT2D eigenvalue weighted by Crippen LogP contribution is -2.28. The van der Waals surface area contributed by atoms with Gasteiger partial charge in [0.15, 0.2) is 5.65 Å². The lowest BCUT2D eigenvalue weighted by Gasteiger charge is -2.11. The molecule has 0 aliphatic carbocycles. The van der Waals surface area contributed by atoms with Crippen molar-refractivity contribution in [1.82, 2.24) is 9.38 Å². The summed E-state index contributed by atoms with van der Waals surface area (Å²) in [6, 6.07) is 30.2. The largest absolute Gasteiger partial charge is 0.534 e. The van der Waals surface area contributed by atoms with Crippen molar-refractivity contribution >= 4 is 79.9 Å². The summed E-state index contributed by atoms with van der Waals surface area (Å²) in [6.45, 7) is 0. The van der Waals surface area contributed by atoms with E-state index in [0.29, 0.717) is 5.56 Å². The van der Waals surface area contributed by atoms with E-state index in [9.17, 15) is 21.6 Å². The van der Waals surface area contributed by atoms with Gasteiger partial charge in [-0.1, -0.05) is 60.7 Å². The van der Waals surface area contributed by atoms with Crippen LogP contribution in [0.15, 0.2) is 103 Å². The van der Waals surface area contributed by atoms with Gasteiger partial charge in [0.1, 0.15) is 5.75 Å². The number of nitrogens with zero attached hydrogens (tertiary/aromatic N) is 2. The third-order valence-corrected chi connectivity index (χ3v) is 9.70. The van der Waals surface area contributed by atoms with Gasteiger partial charge in [-0.2, -0.15) is 21.6 Å². The second-order valence-corrected chi connectivity index (χ2v) is 12.6. The van der Waals surface area contributed by atoms with Crippen LogP contribution in [0.1, 0.15) is 0 Å². The van der Waals surface area contributed by atoms with Crippen molar-refractivity contribution in [3.8, 4) is 16.9 Å². The molecule has 0 atom stereocenters. The molecule has 0 saturated carbocycles. The number of thiophene rings is 1. The van der Waals surface area contributed by atoms with E-state index in [1.165, 1.54) is 33.0 Å². The highest BCUT2D eigenvalue weighted by Gasteiger charge is 2.48. The third kappa shape index (κ3) is 3.68. The molecule has 0 spiro atoms. The van der Waals surface area contributed by atoms with Crippen LogP contribution in [0.4, 0.5) is 13.2 Å². The van der Waals surface area contributed by atoms with E-state index in [2.05, 4.69) is 51.0 Å². The lowest BCUT2D eigenvalue weighted by atomic mass is 9.98. The number of benzene rings is 5. The van der Waals surface area contributed by atoms with E-state index in [1.54, 1.807) is 23.5 Å². The topological polar surface area (TPSA) is 60.7 Å². The average molecular weight is 599 g/mol. The van der Waals surface area contributed by atoms with E-state index >= 15 is 0 Å². The predicted molar refractivity (Wildman–Crippen MR) is 162 cm³/mol. The van der Waals surface area contributed by atoms with E-state index in [1.807, 2.05) is 36.5 Å². The molecule has 8 aromatic rings. The Morgan fingerprint density at radius 1 is 0.786 bits per heavy atom. The zero-order valence-corrected chi connectivity index (χ0v) is 23.0. The summed E-state index contributed by atoms with van der Waals surface area (Å²) in [6.07, 6.45) is 2.04. The Morgan fingerprint density at radius 2 is 1.57 bits per heavy atom. The van der Waals surface area contributed by atoms with Gasteiger partial charge in [-0.15, -0.1) is 11.3 Å². The first kappa shape index (κ1) is 25.1. The summed E-state index contributed by atoms with van der Waals surface area (Å²) in [5, 5.41) is 6.66. The number of hydrogen-bond acceptors (Lipinski definition) is 5. The summed E-state index contributed by atoms with van der Waals surface area (Å²) < 4.78 is 69.6. The van der Waals surface area contributed by atoms with Crippen LogP contribution in [0.5, 0.6) is 5.75 Å². The fourth-order valence-electron chi connectivity index (χ4n) is 5.66. The number of hydrogen-bond donors (Lipinski definition) is 0. The standard InChI is InChI=1S/C32H17F3N2O3S2/c33-32(34,35)42(38,39)40-21-11-8-19(9-12-21)22-7-3-5-20-16-26-27(17-25(20)22)37-15-14-24-29-23-6-2-1-4-18(23)10-13-28(29)41-30(24)31(37)36-26/h1-17H. The molecule has 3 heterocycles. The highest BCUT2D eigenvalue weighted by molar-refractivity contribution is 7.88. The number of fused-ring (bicyclic) bond motifs is 10. The summed E-state index contributed by atoms with van der Waals surface area (Å²) >= 11 is 1.72. The normalized spacial score (nSPS) is 12.8.